The van der Waals surface area contributed by atoms with E-state index in [0.717, 1.165) is 27.8 Å². The summed E-state index contributed by atoms with van der Waals surface area (Å²) in [5.41, 5.74) is 10.1. The van der Waals surface area contributed by atoms with Crippen molar-refractivity contribution < 1.29 is 0 Å². The molecule has 0 bridgehead atoms. The Labute approximate surface area is 288 Å². The molecule has 0 saturated heterocycles. The van der Waals surface area contributed by atoms with Crippen molar-refractivity contribution in [1.29, 1.82) is 0 Å². The SMILES string of the molecule is c1ccc(-c2nc(-c3ccc(-c4ccc(-c5ccccc5-c5ccccc5)cc4)cc3)nc(-c3cccc4c3sc3ccccc34)n2)cc1. The molecule has 0 aliphatic rings. The normalized spacial score (nSPS) is 11.3. The van der Waals surface area contributed by atoms with Gasteiger partial charge in [0.2, 0.25) is 0 Å². The highest BCUT2D eigenvalue weighted by Crippen LogP contribution is 2.40. The molecule has 0 atom stereocenters. The molecule has 49 heavy (non-hydrogen) atoms. The van der Waals surface area contributed by atoms with Crippen LogP contribution in [0.25, 0.3) is 87.7 Å². The molecule has 0 saturated carbocycles. The molecule has 4 heteroatoms. The van der Waals surface area contributed by atoms with Gasteiger partial charge in [-0.05, 0) is 45.5 Å². The maximum absolute atomic E-state index is 5.08. The highest BCUT2D eigenvalue weighted by molar-refractivity contribution is 7.26. The Balaban J connectivity index is 1.08. The van der Waals surface area contributed by atoms with Crippen LogP contribution >= 0.6 is 11.3 Å². The molecular formula is C45H29N3S. The van der Waals surface area contributed by atoms with Crippen LogP contribution in [0.15, 0.2) is 176 Å². The average Bonchev–Trinajstić information content (AvgIpc) is 3.58. The van der Waals surface area contributed by atoms with Gasteiger partial charge in [-0.3, -0.25) is 0 Å². The quantitative estimate of drug-likeness (QED) is 0.181. The third kappa shape index (κ3) is 5.48. The van der Waals surface area contributed by atoms with Gasteiger partial charge in [0.25, 0.3) is 0 Å². The zero-order chi connectivity index (χ0) is 32.6. The lowest BCUT2D eigenvalue weighted by molar-refractivity contribution is 1.08. The fourth-order valence-corrected chi connectivity index (χ4v) is 7.74. The van der Waals surface area contributed by atoms with E-state index in [0.29, 0.717) is 17.5 Å². The fraction of sp³-hybridized carbons (Fsp3) is 0. The van der Waals surface area contributed by atoms with Crippen LogP contribution in [0.1, 0.15) is 0 Å². The number of benzene rings is 7. The van der Waals surface area contributed by atoms with E-state index in [4.69, 9.17) is 15.0 Å². The molecule has 0 unspecified atom stereocenters. The molecule has 0 N–H and O–H groups in total. The summed E-state index contributed by atoms with van der Waals surface area (Å²) in [5, 5.41) is 2.48. The summed E-state index contributed by atoms with van der Waals surface area (Å²) < 4.78 is 2.44. The molecule has 0 radical (unpaired) electrons. The molecule has 9 aromatic rings. The van der Waals surface area contributed by atoms with Crippen molar-refractivity contribution >= 4 is 31.5 Å². The van der Waals surface area contributed by atoms with Crippen LogP contribution in [-0.4, -0.2) is 15.0 Å². The second kappa shape index (κ2) is 12.4. The van der Waals surface area contributed by atoms with Crippen LogP contribution in [0.2, 0.25) is 0 Å². The van der Waals surface area contributed by atoms with Gasteiger partial charge in [0.15, 0.2) is 17.5 Å². The zero-order valence-corrected chi connectivity index (χ0v) is 27.3. The molecule has 0 fully saturated rings. The molecular weight excluding hydrogens is 615 g/mol. The topological polar surface area (TPSA) is 38.7 Å². The molecule has 3 nitrogen and oxygen atoms in total. The van der Waals surface area contributed by atoms with Gasteiger partial charge < -0.3 is 0 Å². The Bertz CT molecular complexity index is 2570. The van der Waals surface area contributed by atoms with E-state index in [1.54, 1.807) is 11.3 Å². The van der Waals surface area contributed by atoms with Gasteiger partial charge >= 0.3 is 0 Å². The van der Waals surface area contributed by atoms with Crippen LogP contribution in [0, 0.1) is 0 Å². The number of hydrogen-bond acceptors (Lipinski definition) is 4. The van der Waals surface area contributed by atoms with Crippen molar-refractivity contribution in [3.05, 3.63) is 176 Å². The van der Waals surface area contributed by atoms with Crippen LogP contribution in [0.5, 0.6) is 0 Å². The van der Waals surface area contributed by atoms with E-state index in [2.05, 4.69) is 146 Å². The van der Waals surface area contributed by atoms with E-state index in [1.165, 1.54) is 42.4 Å². The molecule has 0 aliphatic heterocycles. The molecule has 9 rings (SSSR count). The number of nitrogens with zero attached hydrogens (tertiary/aromatic N) is 3. The Morgan fingerprint density at radius 3 is 1.37 bits per heavy atom. The molecule has 230 valence electrons. The number of hydrogen-bond donors (Lipinski definition) is 0. The lowest BCUT2D eigenvalue weighted by Gasteiger charge is -2.11. The maximum atomic E-state index is 5.08. The Morgan fingerprint density at radius 2 is 0.714 bits per heavy atom. The lowest BCUT2D eigenvalue weighted by Crippen LogP contribution is -2.00. The zero-order valence-electron chi connectivity index (χ0n) is 26.5. The summed E-state index contributed by atoms with van der Waals surface area (Å²) in [6.45, 7) is 0. The minimum absolute atomic E-state index is 0.654. The van der Waals surface area contributed by atoms with Gasteiger partial charge in [-0.2, -0.15) is 0 Å². The van der Waals surface area contributed by atoms with Crippen molar-refractivity contribution in [2.45, 2.75) is 0 Å². The summed E-state index contributed by atoms with van der Waals surface area (Å²) in [5.74, 6) is 1.99. The Hall–Kier alpha value is -6.23. The summed E-state index contributed by atoms with van der Waals surface area (Å²) in [6.07, 6.45) is 0. The van der Waals surface area contributed by atoms with E-state index >= 15 is 0 Å². The van der Waals surface area contributed by atoms with Crippen molar-refractivity contribution in [3.63, 3.8) is 0 Å². The number of thiophene rings is 1. The van der Waals surface area contributed by atoms with E-state index in [9.17, 15) is 0 Å². The summed E-state index contributed by atoms with van der Waals surface area (Å²) in [6, 6.07) is 61.6. The highest BCUT2D eigenvalue weighted by atomic mass is 32.1. The first kappa shape index (κ1) is 29.0. The molecule has 0 aliphatic carbocycles. The molecule has 7 aromatic carbocycles. The van der Waals surface area contributed by atoms with Crippen LogP contribution in [0.4, 0.5) is 0 Å². The largest absolute Gasteiger partial charge is 0.208 e. The number of fused-ring (bicyclic) bond motifs is 3. The van der Waals surface area contributed by atoms with Gasteiger partial charge in [0.1, 0.15) is 0 Å². The van der Waals surface area contributed by atoms with Crippen LogP contribution < -0.4 is 0 Å². The Morgan fingerprint density at radius 1 is 0.286 bits per heavy atom. The molecule has 0 amide bonds. The minimum Gasteiger partial charge on any atom is -0.208 e. The van der Waals surface area contributed by atoms with E-state index < -0.39 is 0 Å². The first-order chi connectivity index (χ1) is 24.3. The average molecular weight is 644 g/mol. The Kier molecular flexibility index (Phi) is 7.34. The van der Waals surface area contributed by atoms with Crippen molar-refractivity contribution in [2.75, 3.05) is 0 Å². The molecule has 0 spiro atoms. The van der Waals surface area contributed by atoms with Gasteiger partial charge in [0, 0.05) is 36.9 Å². The van der Waals surface area contributed by atoms with Crippen molar-refractivity contribution in [2.24, 2.45) is 0 Å². The maximum Gasteiger partial charge on any atom is 0.165 e. The minimum atomic E-state index is 0.654. The number of rotatable bonds is 6. The van der Waals surface area contributed by atoms with Crippen LogP contribution in [-0.2, 0) is 0 Å². The summed E-state index contributed by atoms with van der Waals surface area (Å²) in [7, 11) is 0. The first-order valence-corrected chi connectivity index (χ1v) is 17.2. The van der Waals surface area contributed by atoms with Gasteiger partial charge in [-0.15, -0.1) is 11.3 Å². The summed E-state index contributed by atoms with van der Waals surface area (Å²) >= 11 is 1.78. The fourth-order valence-electron chi connectivity index (χ4n) is 6.52. The van der Waals surface area contributed by atoms with Gasteiger partial charge in [-0.25, -0.2) is 15.0 Å². The van der Waals surface area contributed by atoms with Crippen molar-refractivity contribution in [3.8, 4) is 67.5 Å². The third-order valence-corrected chi connectivity index (χ3v) is 10.2. The highest BCUT2D eigenvalue weighted by Gasteiger charge is 2.16. The monoisotopic (exact) mass is 643 g/mol. The second-order valence-electron chi connectivity index (χ2n) is 12.0. The van der Waals surface area contributed by atoms with Crippen LogP contribution in [0.3, 0.4) is 0 Å². The lowest BCUT2D eigenvalue weighted by atomic mass is 9.93. The first-order valence-electron chi connectivity index (χ1n) is 16.4. The smallest absolute Gasteiger partial charge is 0.165 e. The van der Waals surface area contributed by atoms with Gasteiger partial charge in [0.05, 0.1) is 0 Å². The standard InChI is InChI=1S/C45H29N3S/c1-3-12-32(13-4-1)36-16-7-8-17-37(36)33-26-22-30(23-27-33)31-24-28-35(29-25-31)44-46-43(34-14-5-2-6-15-34)47-45(48-44)40-20-11-19-39-38-18-9-10-21-41(38)49-42(39)40/h1-29H. The summed E-state index contributed by atoms with van der Waals surface area (Å²) in [4.78, 5) is 15.1. The second-order valence-corrected chi connectivity index (χ2v) is 13.1. The predicted molar refractivity (Wildman–Crippen MR) is 205 cm³/mol. The molecule has 2 aromatic heterocycles. The predicted octanol–water partition coefficient (Wildman–Crippen LogP) is 12.2. The number of aromatic nitrogens is 3. The van der Waals surface area contributed by atoms with E-state index in [-0.39, 0.29) is 0 Å². The van der Waals surface area contributed by atoms with E-state index in [1.807, 2.05) is 30.3 Å². The third-order valence-electron chi connectivity index (χ3n) is 9.00. The molecule has 2 heterocycles. The van der Waals surface area contributed by atoms with Gasteiger partial charge in [-0.1, -0.05) is 164 Å². The van der Waals surface area contributed by atoms with Crippen molar-refractivity contribution in [1.82, 2.24) is 15.0 Å².